The summed E-state index contributed by atoms with van der Waals surface area (Å²) in [5.74, 6) is 0.358. The topological polar surface area (TPSA) is 30.5 Å². The molecule has 0 fully saturated rings. The number of ether oxygens (including phenoxy) is 2. The third kappa shape index (κ3) is 3.46. The molecule has 0 aliphatic heterocycles. The zero-order chi connectivity index (χ0) is 12.8. The van der Waals surface area contributed by atoms with Crippen molar-refractivity contribution < 1.29 is 13.9 Å². The van der Waals surface area contributed by atoms with E-state index in [0.29, 0.717) is 5.75 Å². The van der Waals surface area contributed by atoms with Crippen LogP contribution in [0.1, 0.15) is 0 Å². The summed E-state index contributed by atoms with van der Waals surface area (Å²) in [6.07, 6.45) is 0. The van der Waals surface area contributed by atoms with Crippen molar-refractivity contribution in [3.63, 3.8) is 0 Å². The molecule has 0 heterocycles. The summed E-state index contributed by atoms with van der Waals surface area (Å²) < 4.78 is 22.7. The van der Waals surface area contributed by atoms with E-state index in [0.717, 1.165) is 11.4 Å². The van der Waals surface area contributed by atoms with Gasteiger partial charge in [-0.3, -0.25) is 0 Å². The van der Waals surface area contributed by atoms with Crippen LogP contribution in [-0.2, 0) is 4.74 Å². The zero-order valence-corrected chi connectivity index (χ0v) is 9.94. The molecule has 1 radical (unpaired) electrons. The lowest BCUT2D eigenvalue weighted by molar-refractivity contribution is 0.0509. The molecule has 93 valence electrons. The Balaban J connectivity index is 1.99. The van der Waals surface area contributed by atoms with Crippen LogP contribution in [0.3, 0.4) is 0 Å². The Kier molecular flexibility index (Phi) is 4.15. The second-order valence-corrected chi connectivity index (χ2v) is 3.62. The van der Waals surface area contributed by atoms with Gasteiger partial charge in [0.2, 0.25) is 0 Å². The molecule has 0 unspecified atom stereocenters. The molecular weight excluding hydrogens is 233 g/mol. The minimum atomic E-state index is -0.254. The van der Waals surface area contributed by atoms with Crippen LogP contribution in [0.4, 0.5) is 15.8 Å². The average Bonchev–Trinajstić information content (AvgIpc) is 2.41. The molecule has 2 aromatic rings. The van der Waals surface area contributed by atoms with Gasteiger partial charge in [-0.1, -0.05) is 0 Å². The third-order valence-electron chi connectivity index (χ3n) is 2.25. The van der Waals surface area contributed by atoms with Crippen LogP contribution in [-0.4, -0.2) is 13.9 Å². The van der Waals surface area contributed by atoms with Crippen LogP contribution < -0.4 is 10.1 Å². The second kappa shape index (κ2) is 6.02. The first kappa shape index (κ1) is 12.4. The molecular formula is C14H13FNO2. The van der Waals surface area contributed by atoms with Crippen LogP contribution in [0.5, 0.6) is 5.75 Å². The fourth-order valence-corrected chi connectivity index (χ4v) is 1.40. The molecule has 2 aromatic carbocycles. The molecule has 18 heavy (non-hydrogen) atoms. The van der Waals surface area contributed by atoms with Crippen molar-refractivity contribution in [1.82, 2.24) is 0 Å². The van der Waals surface area contributed by atoms with E-state index in [1.807, 2.05) is 6.07 Å². The predicted octanol–water partition coefficient (Wildman–Crippen LogP) is 3.35. The number of anilines is 2. The summed E-state index contributed by atoms with van der Waals surface area (Å²) in [6.45, 7) is 0.196. The molecule has 0 atom stereocenters. The van der Waals surface area contributed by atoms with Crippen molar-refractivity contribution >= 4 is 11.4 Å². The number of rotatable bonds is 5. The van der Waals surface area contributed by atoms with Crippen molar-refractivity contribution in [2.24, 2.45) is 0 Å². The molecule has 0 saturated heterocycles. The number of benzene rings is 2. The fourth-order valence-electron chi connectivity index (χ4n) is 1.40. The largest absolute Gasteiger partial charge is 0.467 e. The van der Waals surface area contributed by atoms with Crippen molar-refractivity contribution in [3.8, 4) is 5.75 Å². The smallest absolute Gasteiger partial charge is 0.188 e. The first-order valence-corrected chi connectivity index (χ1v) is 5.44. The van der Waals surface area contributed by atoms with E-state index in [1.54, 1.807) is 31.4 Å². The highest BCUT2D eigenvalue weighted by Crippen LogP contribution is 2.19. The molecule has 2 rings (SSSR count). The first-order chi connectivity index (χ1) is 8.78. The molecule has 0 aliphatic rings. The maximum Gasteiger partial charge on any atom is 0.188 e. The van der Waals surface area contributed by atoms with Crippen LogP contribution in [0.25, 0.3) is 0 Å². The molecule has 0 aromatic heterocycles. The monoisotopic (exact) mass is 246 g/mol. The van der Waals surface area contributed by atoms with Gasteiger partial charge >= 0.3 is 0 Å². The molecule has 1 N–H and O–H groups in total. The highest BCUT2D eigenvalue weighted by atomic mass is 19.1. The third-order valence-corrected chi connectivity index (χ3v) is 2.25. The molecule has 0 bridgehead atoms. The zero-order valence-electron chi connectivity index (χ0n) is 9.94. The number of hydrogen-bond donors (Lipinski definition) is 1. The Morgan fingerprint density at radius 2 is 1.83 bits per heavy atom. The van der Waals surface area contributed by atoms with Gasteiger partial charge in [0.05, 0.1) is 0 Å². The highest BCUT2D eigenvalue weighted by molar-refractivity contribution is 5.59. The second-order valence-electron chi connectivity index (χ2n) is 3.62. The van der Waals surface area contributed by atoms with Gasteiger partial charge in [-0.15, -0.1) is 0 Å². The van der Waals surface area contributed by atoms with E-state index in [4.69, 9.17) is 9.47 Å². The first-order valence-electron chi connectivity index (χ1n) is 5.44. The molecule has 3 nitrogen and oxygen atoms in total. The Morgan fingerprint density at radius 3 is 2.44 bits per heavy atom. The van der Waals surface area contributed by atoms with Crippen molar-refractivity contribution in [3.05, 3.63) is 54.3 Å². The maximum atomic E-state index is 12.7. The molecule has 4 heteroatoms. The SMILES string of the molecule is COCOc1[c]cc(Nc2ccc(F)cc2)cc1. The highest BCUT2D eigenvalue weighted by Gasteiger charge is 1.97. The van der Waals surface area contributed by atoms with Crippen LogP contribution in [0.2, 0.25) is 0 Å². The molecule has 0 spiro atoms. The molecule has 0 aliphatic carbocycles. The van der Waals surface area contributed by atoms with Gasteiger partial charge in [-0.25, -0.2) is 4.39 Å². The fraction of sp³-hybridized carbons (Fsp3) is 0.143. The van der Waals surface area contributed by atoms with Gasteiger partial charge in [0.15, 0.2) is 6.79 Å². The Labute approximate surface area is 105 Å². The van der Waals surface area contributed by atoms with Crippen molar-refractivity contribution in [2.75, 3.05) is 19.2 Å². The summed E-state index contributed by atoms with van der Waals surface area (Å²) in [4.78, 5) is 0. The van der Waals surface area contributed by atoms with E-state index in [1.165, 1.54) is 12.1 Å². The summed E-state index contributed by atoms with van der Waals surface area (Å²) in [5, 5.41) is 3.13. The quantitative estimate of drug-likeness (QED) is 0.821. The van der Waals surface area contributed by atoms with E-state index in [9.17, 15) is 4.39 Å². The number of nitrogens with one attached hydrogen (secondary N) is 1. The van der Waals surface area contributed by atoms with E-state index < -0.39 is 0 Å². The van der Waals surface area contributed by atoms with Crippen LogP contribution in [0, 0.1) is 11.9 Å². The van der Waals surface area contributed by atoms with Gasteiger partial charge in [0.1, 0.15) is 11.6 Å². The summed E-state index contributed by atoms with van der Waals surface area (Å²) in [6, 6.07) is 14.5. The van der Waals surface area contributed by atoms with Crippen molar-refractivity contribution in [2.45, 2.75) is 0 Å². The van der Waals surface area contributed by atoms with E-state index in [-0.39, 0.29) is 12.6 Å². The van der Waals surface area contributed by atoms with Crippen LogP contribution >= 0.6 is 0 Å². The molecule has 0 saturated carbocycles. The van der Waals surface area contributed by atoms with Gasteiger partial charge in [-0.2, -0.15) is 0 Å². The van der Waals surface area contributed by atoms with Crippen molar-refractivity contribution in [1.29, 1.82) is 0 Å². The number of methoxy groups -OCH3 is 1. The van der Waals surface area contributed by atoms with Gasteiger partial charge in [0.25, 0.3) is 0 Å². The lowest BCUT2D eigenvalue weighted by atomic mass is 10.2. The minimum Gasteiger partial charge on any atom is -0.467 e. The normalized spacial score (nSPS) is 10.1. The predicted molar refractivity (Wildman–Crippen MR) is 67.5 cm³/mol. The lowest BCUT2D eigenvalue weighted by Gasteiger charge is -2.08. The summed E-state index contributed by atoms with van der Waals surface area (Å²) in [7, 11) is 1.56. The summed E-state index contributed by atoms with van der Waals surface area (Å²) in [5.41, 5.74) is 1.67. The average molecular weight is 246 g/mol. The number of hydrogen-bond acceptors (Lipinski definition) is 3. The number of halogens is 1. The lowest BCUT2D eigenvalue weighted by Crippen LogP contribution is -1.99. The van der Waals surface area contributed by atoms with Gasteiger partial charge in [0, 0.05) is 24.6 Å². The van der Waals surface area contributed by atoms with E-state index in [2.05, 4.69) is 11.4 Å². The standard InChI is InChI=1S/C14H13FNO2/c1-17-10-18-14-8-6-13(7-9-14)16-12-4-2-11(15)3-5-12/h2-8,16H,10H2,1H3. The van der Waals surface area contributed by atoms with Gasteiger partial charge in [-0.05, 0) is 42.5 Å². The molecule has 0 amide bonds. The Morgan fingerprint density at radius 1 is 1.11 bits per heavy atom. The van der Waals surface area contributed by atoms with E-state index >= 15 is 0 Å². The minimum absolute atomic E-state index is 0.196. The maximum absolute atomic E-state index is 12.7. The van der Waals surface area contributed by atoms with Crippen LogP contribution in [0.15, 0.2) is 42.5 Å². The summed E-state index contributed by atoms with van der Waals surface area (Å²) >= 11 is 0. The Bertz CT molecular complexity index is 482. The Hall–Kier alpha value is -2.07. The van der Waals surface area contributed by atoms with Gasteiger partial charge < -0.3 is 14.8 Å².